The summed E-state index contributed by atoms with van der Waals surface area (Å²) in [4.78, 5) is 27.1. The SMILES string of the molecule is CCC1Sc2ccccc2N(CC(=O)NCCOC)C1=O. The molecule has 2 rings (SSSR count). The monoisotopic (exact) mass is 308 g/mol. The number of amides is 2. The van der Waals surface area contributed by atoms with Crippen LogP contribution in [0.4, 0.5) is 5.69 Å². The Hall–Kier alpha value is -1.53. The summed E-state index contributed by atoms with van der Waals surface area (Å²) in [6.07, 6.45) is 0.750. The van der Waals surface area contributed by atoms with Crippen LogP contribution in [-0.4, -0.2) is 43.9 Å². The van der Waals surface area contributed by atoms with E-state index >= 15 is 0 Å². The second kappa shape index (κ2) is 7.47. The van der Waals surface area contributed by atoms with Crippen LogP contribution in [0.3, 0.4) is 0 Å². The molecule has 0 aromatic heterocycles. The summed E-state index contributed by atoms with van der Waals surface area (Å²) in [5, 5.41) is 2.63. The van der Waals surface area contributed by atoms with Gasteiger partial charge < -0.3 is 15.0 Å². The van der Waals surface area contributed by atoms with Gasteiger partial charge in [-0.2, -0.15) is 0 Å². The Bertz CT molecular complexity index is 521. The van der Waals surface area contributed by atoms with E-state index in [1.165, 1.54) is 0 Å². The Balaban J connectivity index is 2.12. The highest BCUT2D eigenvalue weighted by Gasteiger charge is 2.33. The van der Waals surface area contributed by atoms with E-state index in [1.54, 1.807) is 23.8 Å². The lowest BCUT2D eigenvalue weighted by Crippen LogP contribution is -2.46. The van der Waals surface area contributed by atoms with Crippen LogP contribution in [-0.2, 0) is 14.3 Å². The van der Waals surface area contributed by atoms with Crippen LogP contribution in [0.25, 0.3) is 0 Å². The maximum absolute atomic E-state index is 12.5. The summed E-state index contributed by atoms with van der Waals surface area (Å²) in [6, 6.07) is 7.71. The molecule has 1 atom stereocenters. The predicted molar refractivity (Wildman–Crippen MR) is 83.6 cm³/mol. The van der Waals surface area contributed by atoms with Gasteiger partial charge in [0.1, 0.15) is 6.54 Å². The zero-order chi connectivity index (χ0) is 15.2. The molecule has 1 aromatic rings. The number of benzene rings is 1. The highest BCUT2D eigenvalue weighted by molar-refractivity contribution is 8.01. The first-order valence-electron chi connectivity index (χ1n) is 7.00. The molecule has 1 aromatic carbocycles. The standard InChI is InChI=1S/C15H20N2O3S/c1-3-12-15(19)17(10-14(18)16-8-9-20-2)11-6-4-5-7-13(11)21-12/h4-7,12H,3,8-10H2,1-2H3,(H,16,18). The molecule has 2 amide bonds. The van der Waals surface area contributed by atoms with Crippen molar-refractivity contribution in [1.82, 2.24) is 5.32 Å². The highest BCUT2D eigenvalue weighted by atomic mass is 32.2. The van der Waals surface area contributed by atoms with E-state index in [9.17, 15) is 9.59 Å². The number of carbonyl (C=O) groups excluding carboxylic acids is 2. The molecule has 0 aliphatic carbocycles. The topological polar surface area (TPSA) is 58.6 Å². The fourth-order valence-corrected chi connectivity index (χ4v) is 3.35. The van der Waals surface area contributed by atoms with Crippen molar-refractivity contribution in [2.45, 2.75) is 23.5 Å². The molecular weight excluding hydrogens is 288 g/mol. The van der Waals surface area contributed by atoms with E-state index in [1.807, 2.05) is 31.2 Å². The van der Waals surface area contributed by atoms with Crippen molar-refractivity contribution in [3.05, 3.63) is 24.3 Å². The second-order valence-corrected chi connectivity index (χ2v) is 5.99. The molecular formula is C15H20N2O3S. The van der Waals surface area contributed by atoms with Gasteiger partial charge in [0.25, 0.3) is 0 Å². The minimum absolute atomic E-state index is 0.00286. The Labute approximate surface area is 129 Å². The van der Waals surface area contributed by atoms with Crippen molar-refractivity contribution in [3.63, 3.8) is 0 Å². The van der Waals surface area contributed by atoms with Gasteiger partial charge in [-0.15, -0.1) is 11.8 Å². The summed E-state index contributed by atoms with van der Waals surface area (Å²) in [5.74, 6) is -0.167. The van der Waals surface area contributed by atoms with Crippen LogP contribution in [0.15, 0.2) is 29.2 Å². The number of nitrogens with zero attached hydrogens (tertiary/aromatic N) is 1. The third-order valence-corrected chi connectivity index (χ3v) is 4.69. The number of hydrogen-bond donors (Lipinski definition) is 1. The average Bonchev–Trinajstić information content (AvgIpc) is 2.50. The van der Waals surface area contributed by atoms with Crippen LogP contribution < -0.4 is 10.2 Å². The number of hydrogen-bond acceptors (Lipinski definition) is 4. The van der Waals surface area contributed by atoms with E-state index < -0.39 is 0 Å². The smallest absolute Gasteiger partial charge is 0.240 e. The summed E-state index contributed by atoms with van der Waals surface area (Å²) in [5.41, 5.74) is 0.819. The number of nitrogens with one attached hydrogen (secondary N) is 1. The molecule has 0 saturated heterocycles. The third kappa shape index (κ3) is 3.77. The van der Waals surface area contributed by atoms with E-state index in [-0.39, 0.29) is 23.6 Å². The molecule has 0 bridgehead atoms. The molecule has 114 valence electrons. The zero-order valence-electron chi connectivity index (χ0n) is 12.3. The van der Waals surface area contributed by atoms with Gasteiger partial charge in [-0.25, -0.2) is 0 Å². The minimum atomic E-state index is -0.169. The lowest BCUT2D eigenvalue weighted by atomic mass is 10.2. The molecule has 21 heavy (non-hydrogen) atoms. The lowest BCUT2D eigenvalue weighted by molar-refractivity contribution is -0.123. The van der Waals surface area contributed by atoms with Crippen LogP contribution in [0, 0.1) is 0 Å². The van der Waals surface area contributed by atoms with Crippen LogP contribution in [0.5, 0.6) is 0 Å². The van der Waals surface area contributed by atoms with E-state index in [4.69, 9.17) is 4.74 Å². The lowest BCUT2D eigenvalue weighted by Gasteiger charge is -2.32. The first kappa shape index (κ1) is 15.9. The number of anilines is 1. The van der Waals surface area contributed by atoms with Crippen LogP contribution >= 0.6 is 11.8 Å². The van der Waals surface area contributed by atoms with Gasteiger partial charge in [0.15, 0.2) is 0 Å². The van der Waals surface area contributed by atoms with Crippen molar-refractivity contribution in [2.24, 2.45) is 0 Å². The quantitative estimate of drug-likeness (QED) is 0.812. The number of rotatable bonds is 6. The maximum Gasteiger partial charge on any atom is 0.240 e. The molecule has 6 heteroatoms. The van der Waals surface area contributed by atoms with Gasteiger partial charge in [-0.3, -0.25) is 9.59 Å². The predicted octanol–water partition coefficient (Wildman–Crippen LogP) is 1.67. The first-order valence-corrected chi connectivity index (χ1v) is 7.88. The normalized spacial score (nSPS) is 17.5. The van der Waals surface area contributed by atoms with Crippen LogP contribution in [0.2, 0.25) is 0 Å². The van der Waals surface area contributed by atoms with Crippen molar-refractivity contribution in [1.29, 1.82) is 0 Å². The Morgan fingerprint density at radius 2 is 2.19 bits per heavy atom. The molecule has 0 radical (unpaired) electrons. The molecule has 0 saturated carbocycles. The number of para-hydroxylation sites is 1. The number of carbonyl (C=O) groups is 2. The fourth-order valence-electron chi connectivity index (χ4n) is 2.19. The first-order chi connectivity index (χ1) is 10.2. The minimum Gasteiger partial charge on any atom is -0.383 e. The molecule has 1 aliphatic heterocycles. The van der Waals surface area contributed by atoms with Crippen molar-refractivity contribution >= 4 is 29.3 Å². The largest absolute Gasteiger partial charge is 0.383 e. The molecule has 0 fully saturated rings. The van der Waals surface area contributed by atoms with Gasteiger partial charge in [0.2, 0.25) is 11.8 Å². The average molecular weight is 308 g/mol. The third-order valence-electron chi connectivity index (χ3n) is 3.27. The molecule has 0 spiro atoms. The summed E-state index contributed by atoms with van der Waals surface area (Å²) < 4.78 is 4.90. The Morgan fingerprint density at radius 1 is 1.43 bits per heavy atom. The molecule has 1 aliphatic rings. The van der Waals surface area contributed by atoms with Gasteiger partial charge in [0, 0.05) is 18.6 Å². The molecule has 1 N–H and O–H groups in total. The fraction of sp³-hybridized carbons (Fsp3) is 0.467. The van der Waals surface area contributed by atoms with Gasteiger partial charge >= 0.3 is 0 Å². The zero-order valence-corrected chi connectivity index (χ0v) is 13.1. The maximum atomic E-state index is 12.5. The van der Waals surface area contributed by atoms with E-state index in [0.29, 0.717) is 13.2 Å². The van der Waals surface area contributed by atoms with Crippen molar-refractivity contribution in [2.75, 3.05) is 31.7 Å². The van der Waals surface area contributed by atoms with E-state index in [0.717, 1.165) is 17.0 Å². The highest BCUT2D eigenvalue weighted by Crippen LogP contribution is 2.39. The molecule has 5 nitrogen and oxygen atoms in total. The van der Waals surface area contributed by atoms with Gasteiger partial charge in [0.05, 0.1) is 17.5 Å². The van der Waals surface area contributed by atoms with Crippen LogP contribution in [0.1, 0.15) is 13.3 Å². The Kier molecular flexibility index (Phi) is 5.64. The number of fused-ring (bicyclic) bond motifs is 1. The van der Waals surface area contributed by atoms with E-state index in [2.05, 4.69) is 5.32 Å². The number of methoxy groups -OCH3 is 1. The van der Waals surface area contributed by atoms with Gasteiger partial charge in [-0.05, 0) is 18.6 Å². The van der Waals surface area contributed by atoms with Crippen molar-refractivity contribution < 1.29 is 14.3 Å². The second-order valence-electron chi connectivity index (χ2n) is 4.75. The summed E-state index contributed by atoms with van der Waals surface area (Å²) >= 11 is 1.57. The Morgan fingerprint density at radius 3 is 2.90 bits per heavy atom. The number of thioether (sulfide) groups is 1. The van der Waals surface area contributed by atoms with Crippen molar-refractivity contribution in [3.8, 4) is 0 Å². The molecule has 1 unspecified atom stereocenters. The summed E-state index contributed by atoms with van der Waals surface area (Å²) in [7, 11) is 1.58. The number of ether oxygens (including phenoxy) is 1. The molecule has 1 heterocycles. The summed E-state index contributed by atoms with van der Waals surface area (Å²) in [6.45, 7) is 2.95. The van der Waals surface area contributed by atoms with Gasteiger partial charge in [-0.1, -0.05) is 19.1 Å².